The molecule has 3 heterocycles. The molecule has 11 nitrogen and oxygen atoms in total. The number of nitrogens with zero attached hydrogens (tertiary/aromatic N) is 4. The van der Waals surface area contributed by atoms with Gasteiger partial charge in [0.05, 0.1) is 48.3 Å². The summed E-state index contributed by atoms with van der Waals surface area (Å²) in [5, 5.41) is 5.90. The number of carbonyl (C=O) groups excluding carboxylic acids is 2. The topological polar surface area (TPSA) is 118 Å². The molecule has 2 N–H and O–H groups in total. The lowest BCUT2D eigenvalue weighted by Crippen LogP contribution is -2.53. The Morgan fingerprint density at radius 2 is 1.98 bits per heavy atom. The van der Waals surface area contributed by atoms with Gasteiger partial charge in [-0.15, -0.1) is 0 Å². The van der Waals surface area contributed by atoms with Gasteiger partial charge in [0.2, 0.25) is 11.8 Å². The zero-order valence-electron chi connectivity index (χ0n) is 23.9. The zero-order chi connectivity index (χ0) is 30.1. The number of hydrogen-bond acceptors (Lipinski definition) is 9. The van der Waals surface area contributed by atoms with Crippen LogP contribution in [0.3, 0.4) is 0 Å². The van der Waals surface area contributed by atoms with Crippen LogP contribution in [0.25, 0.3) is 0 Å². The normalized spacial score (nSPS) is 20.3. The smallest absolute Gasteiger partial charge is 0.258 e. The Balaban J connectivity index is 1.36. The second-order valence-electron chi connectivity index (χ2n) is 10.3. The minimum atomic E-state index is -0.764. The number of carbonyl (C=O) groups is 2. The van der Waals surface area contributed by atoms with Gasteiger partial charge in [0.15, 0.2) is 0 Å². The van der Waals surface area contributed by atoms with Gasteiger partial charge in [-0.05, 0) is 44.6 Å². The monoisotopic (exact) mass is 598 g/mol. The van der Waals surface area contributed by atoms with E-state index in [4.69, 9.17) is 25.8 Å². The Morgan fingerprint density at radius 1 is 1.19 bits per heavy atom. The molecule has 222 valence electrons. The summed E-state index contributed by atoms with van der Waals surface area (Å²) >= 11 is 6.33. The van der Waals surface area contributed by atoms with Crippen molar-refractivity contribution in [2.45, 2.75) is 31.5 Å². The highest BCUT2D eigenvalue weighted by Gasteiger charge is 2.34. The van der Waals surface area contributed by atoms with E-state index in [1.165, 1.54) is 19.4 Å². The number of ether oxygens (including phenoxy) is 3. The lowest BCUT2D eigenvalue weighted by molar-refractivity contribution is 0.0141. The standard InChI is InChI=1S/C29H32ClFN6O5/c1-15-16-7-6-8-22(25(16)28(39)37(15)3)42-27-18(30)13-32-29(35-27)34-21-12-19(31)17(11-23(21)40-4)26(38)33-20-9-10-36(2)14-24(20)41-5/h6-8,11-13,15,20,24H,9-10,14H2,1-5H3,(H,33,38)(H,32,34,35)/t15?,20?,24-/m0/s1. The predicted octanol–water partition coefficient (Wildman–Crippen LogP) is 4.41. The van der Waals surface area contributed by atoms with E-state index in [1.807, 2.05) is 20.0 Å². The van der Waals surface area contributed by atoms with E-state index in [-0.39, 0.29) is 57.9 Å². The summed E-state index contributed by atoms with van der Waals surface area (Å²) in [5.74, 6) is -0.981. The summed E-state index contributed by atoms with van der Waals surface area (Å²) in [6.07, 6.45) is 1.79. The maximum absolute atomic E-state index is 15.3. The van der Waals surface area contributed by atoms with Crippen LogP contribution in [0.2, 0.25) is 5.02 Å². The first-order valence-electron chi connectivity index (χ1n) is 13.4. The van der Waals surface area contributed by atoms with E-state index in [2.05, 4.69) is 25.5 Å². The molecule has 1 aromatic heterocycles. The molecule has 13 heteroatoms. The Labute approximate surface area is 247 Å². The van der Waals surface area contributed by atoms with Crippen LogP contribution in [-0.2, 0) is 4.74 Å². The number of fused-ring (bicyclic) bond motifs is 1. The van der Waals surface area contributed by atoms with Gasteiger partial charge in [0.25, 0.3) is 11.8 Å². The highest BCUT2D eigenvalue weighted by Crippen LogP contribution is 2.40. The van der Waals surface area contributed by atoms with Crippen molar-refractivity contribution in [3.63, 3.8) is 0 Å². The van der Waals surface area contributed by atoms with E-state index in [1.54, 1.807) is 31.2 Å². The van der Waals surface area contributed by atoms with Crippen LogP contribution >= 0.6 is 11.6 Å². The van der Waals surface area contributed by atoms with Gasteiger partial charge in [-0.3, -0.25) is 9.59 Å². The van der Waals surface area contributed by atoms with Gasteiger partial charge in [-0.1, -0.05) is 23.7 Å². The van der Waals surface area contributed by atoms with Crippen LogP contribution in [0.5, 0.6) is 17.4 Å². The van der Waals surface area contributed by atoms with Crippen molar-refractivity contribution in [2.75, 3.05) is 46.7 Å². The third kappa shape index (κ3) is 5.69. The summed E-state index contributed by atoms with van der Waals surface area (Å²) in [4.78, 5) is 38.1. The number of rotatable bonds is 8. The fourth-order valence-corrected chi connectivity index (χ4v) is 5.32. The number of amides is 2. The van der Waals surface area contributed by atoms with Crippen LogP contribution < -0.4 is 20.1 Å². The number of hydrogen-bond donors (Lipinski definition) is 2. The van der Waals surface area contributed by atoms with E-state index in [0.717, 1.165) is 18.2 Å². The largest absolute Gasteiger partial charge is 0.495 e. The van der Waals surface area contributed by atoms with Gasteiger partial charge in [0.1, 0.15) is 22.3 Å². The number of nitrogens with one attached hydrogen (secondary N) is 2. The van der Waals surface area contributed by atoms with Crippen molar-refractivity contribution in [1.82, 2.24) is 25.1 Å². The van der Waals surface area contributed by atoms with Crippen molar-refractivity contribution in [3.8, 4) is 17.4 Å². The molecule has 3 atom stereocenters. The molecule has 0 saturated carbocycles. The van der Waals surface area contributed by atoms with Crippen molar-refractivity contribution in [3.05, 3.63) is 64.1 Å². The molecule has 2 aromatic carbocycles. The number of anilines is 2. The highest BCUT2D eigenvalue weighted by molar-refractivity contribution is 6.31. The first kappa shape index (κ1) is 29.5. The van der Waals surface area contributed by atoms with E-state index in [0.29, 0.717) is 24.3 Å². The molecule has 1 fully saturated rings. The van der Waals surface area contributed by atoms with Crippen molar-refractivity contribution in [1.29, 1.82) is 0 Å². The summed E-state index contributed by atoms with van der Waals surface area (Å²) in [6.45, 7) is 3.37. The Bertz CT molecular complexity index is 1520. The lowest BCUT2D eigenvalue weighted by atomic mass is 10.0. The first-order chi connectivity index (χ1) is 20.1. The van der Waals surface area contributed by atoms with Crippen LogP contribution in [0.4, 0.5) is 16.0 Å². The second-order valence-corrected chi connectivity index (χ2v) is 10.7. The molecule has 0 spiro atoms. The molecule has 2 aliphatic heterocycles. The average molecular weight is 599 g/mol. The molecule has 2 amide bonds. The Hall–Kier alpha value is -4.00. The van der Waals surface area contributed by atoms with Crippen molar-refractivity contribution < 1.29 is 28.2 Å². The maximum atomic E-state index is 15.3. The third-order valence-electron chi connectivity index (χ3n) is 7.70. The molecule has 1 saturated heterocycles. The first-order valence-corrected chi connectivity index (χ1v) is 13.8. The summed E-state index contributed by atoms with van der Waals surface area (Å²) in [7, 11) is 6.70. The fourth-order valence-electron chi connectivity index (χ4n) is 5.19. The fraction of sp³-hybridized carbons (Fsp3) is 0.379. The highest BCUT2D eigenvalue weighted by atomic mass is 35.5. The van der Waals surface area contributed by atoms with Gasteiger partial charge in [-0.2, -0.15) is 4.98 Å². The molecule has 0 bridgehead atoms. The molecule has 3 aromatic rings. The van der Waals surface area contributed by atoms with E-state index in [9.17, 15) is 9.59 Å². The Kier molecular flexibility index (Phi) is 8.48. The van der Waals surface area contributed by atoms with Gasteiger partial charge in [-0.25, -0.2) is 9.37 Å². The number of likely N-dealkylation sites (tertiary alicyclic amines) is 1. The minimum Gasteiger partial charge on any atom is -0.495 e. The number of benzene rings is 2. The van der Waals surface area contributed by atoms with Crippen LogP contribution in [0.15, 0.2) is 36.5 Å². The van der Waals surface area contributed by atoms with Gasteiger partial charge in [0, 0.05) is 26.8 Å². The maximum Gasteiger partial charge on any atom is 0.258 e. The third-order valence-corrected chi connectivity index (χ3v) is 7.96. The van der Waals surface area contributed by atoms with E-state index >= 15 is 4.39 Å². The predicted molar refractivity (Wildman–Crippen MR) is 154 cm³/mol. The molecule has 2 aliphatic rings. The van der Waals surface area contributed by atoms with Crippen LogP contribution in [0, 0.1) is 5.82 Å². The summed E-state index contributed by atoms with van der Waals surface area (Å²) < 4.78 is 32.2. The number of likely N-dealkylation sites (N-methyl/N-ethyl adjacent to an activating group) is 1. The molecule has 42 heavy (non-hydrogen) atoms. The van der Waals surface area contributed by atoms with Crippen molar-refractivity contribution >= 4 is 35.1 Å². The Morgan fingerprint density at radius 3 is 2.71 bits per heavy atom. The van der Waals surface area contributed by atoms with Crippen LogP contribution in [-0.4, -0.2) is 85.1 Å². The summed E-state index contributed by atoms with van der Waals surface area (Å²) in [6, 6.07) is 7.41. The SMILES string of the molecule is COc1cc(C(=O)NC2CCN(C)C[C@@H]2OC)c(F)cc1Nc1ncc(Cl)c(Oc2cccc3c2C(=O)N(C)C3C)n1. The molecule has 0 aliphatic carbocycles. The lowest BCUT2D eigenvalue weighted by Gasteiger charge is -2.36. The molecular formula is C29H32ClFN6O5. The second kappa shape index (κ2) is 12.1. The minimum absolute atomic E-state index is 0.00108. The van der Waals surface area contributed by atoms with Crippen molar-refractivity contribution in [2.24, 2.45) is 0 Å². The molecule has 2 unspecified atom stereocenters. The number of piperidine rings is 1. The quantitative estimate of drug-likeness (QED) is 0.389. The molecule has 5 rings (SSSR count). The van der Waals surface area contributed by atoms with Gasteiger partial charge >= 0.3 is 0 Å². The molecular weight excluding hydrogens is 567 g/mol. The summed E-state index contributed by atoms with van der Waals surface area (Å²) in [5.41, 5.74) is 1.28. The number of methoxy groups -OCH3 is 2. The van der Waals surface area contributed by atoms with E-state index < -0.39 is 11.7 Å². The average Bonchev–Trinajstić information content (AvgIpc) is 3.20. The van der Waals surface area contributed by atoms with Crippen LogP contribution in [0.1, 0.15) is 45.7 Å². The zero-order valence-corrected chi connectivity index (χ0v) is 24.7. The van der Waals surface area contributed by atoms with Gasteiger partial charge < -0.3 is 34.6 Å². The molecule has 0 radical (unpaired) electrons. The number of aromatic nitrogens is 2. The number of halogens is 2.